The molecule has 0 aliphatic heterocycles. The van der Waals surface area contributed by atoms with Gasteiger partial charge >= 0.3 is 0 Å². The molecule has 0 bridgehead atoms. The summed E-state index contributed by atoms with van der Waals surface area (Å²) in [6, 6.07) is 21.5. The molecule has 0 unspecified atom stereocenters. The van der Waals surface area contributed by atoms with Gasteiger partial charge in [-0.25, -0.2) is 4.98 Å². The Balaban J connectivity index is 1.80. The van der Waals surface area contributed by atoms with Crippen LogP contribution >= 0.6 is 27.3 Å². The minimum absolute atomic E-state index is 1.06. The summed E-state index contributed by atoms with van der Waals surface area (Å²) >= 11 is 5.43. The summed E-state index contributed by atoms with van der Waals surface area (Å²) in [6.07, 6.45) is 4.99. The van der Waals surface area contributed by atoms with Gasteiger partial charge in [0.2, 0.25) is 0 Å². The zero-order valence-electron chi connectivity index (χ0n) is 14.3. The van der Waals surface area contributed by atoms with Crippen molar-refractivity contribution < 1.29 is 0 Å². The lowest BCUT2D eigenvalue weighted by Gasteiger charge is -2.13. The quantitative estimate of drug-likeness (QED) is 0.332. The third-order valence-electron chi connectivity index (χ3n) is 5.15. The highest BCUT2D eigenvalue weighted by atomic mass is 79.9. The fourth-order valence-electron chi connectivity index (χ4n) is 3.87. The van der Waals surface area contributed by atoms with Gasteiger partial charge in [0, 0.05) is 20.3 Å². The Hall–Kier alpha value is -1.97. The third-order valence-corrected chi connectivity index (χ3v) is 6.86. The van der Waals surface area contributed by atoms with E-state index in [1.165, 1.54) is 52.6 Å². The van der Waals surface area contributed by atoms with E-state index in [1.54, 1.807) is 10.4 Å². The average Bonchev–Trinajstić information content (AvgIpc) is 3.07. The lowest BCUT2D eigenvalue weighted by atomic mass is 9.92. The van der Waals surface area contributed by atoms with Crippen molar-refractivity contribution in [2.75, 3.05) is 0 Å². The summed E-state index contributed by atoms with van der Waals surface area (Å²) in [6.45, 7) is 0. The number of hydrogen-bond acceptors (Lipinski definition) is 2. The topological polar surface area (TPSA) is 12.9 Å². The molecule has 128 valence electrons. The first kappa shape index (κ1) is 16.2. The van der Waals surface area contributed by atoms with Crippen molar-refractivity contribution in [2.45, 2.75) is 25.7 Å². The van der Waals surface area contributed by atoms with Crippen molar-refractivity contribution in [1.82, 2.24) is 4.98 Å². The Kier molecular flexibility index (Phi) is 4.14. The minimum Gasteiger partial charge on any atom is -0.237 e. The van der Waals surface area contributed by atoms with Crippen LogP contribution in [0, 0.1) is 0 Å². The average molecular weight is 420 g/mol. The molecule has 1 aliphatic rings. The van der Waals surface area contributed by atoms with E-state index < -0.39 is 0 Å². The molecule has 0 radical (unpaired) electrons. The predicted octanol–water partition coefficient (Wildman–Crippen LogP) is 7.27. The summed E-state index contributed by atoms with van der Waals surface area (Å²) in [5.41, 5.74) is 6.38. The van der Waals surface area contributed by atoms with Gasteiger partial charge in [0.15, 0.2) is 0 Å². The van der Waals surface area contributed by atoms with Crippen molar-refractivity contribution in [3.63, 3.8) is 0 Å². The molecule has 0 spiro atoms. The van der Waals surface area contributed by atoms with Gasteiger partial charge in [-0.2, -0.15) is 0 Å². The molecule has 0 amide bonds. The fraction of sp³-hybridized carbons (Fsp3) is 0.174. The number of fused-ring (bicyclic) bond motifs is 3. The molecule has 1 nitrogen and oxygen atoms in total. The van der Waals surface area contributed by atoms with E-state index in [0.717, 1.165) is 10.2 Å². The molecular formula is C23H18BrNS. The van der Waals surface area contributed by atoms with Crippen LogP contribution in [0.5, 0.6) is 0 Å². The van der Waals surface area contributed by atoms with Crippen LogP contribution in [0.1, 0.15) is 23.3 Å². The molecule has 0 saturated heterocycles. The van der Waals surface area contributed by atoms with E-state index in [1.807, 2.05) is 11.3 Å². The number of thiophene rings is 1. The molecule has 0 saturated carbocycles. The monoisotopic (exact) mass is 419 g/mol. The highest BCUT2D eigenvalue weighted by Gasteiger charge is 2.21. The van der Waals surface area contributed by atoms with Gasteiger partial charge in [-0.1, -0.05) is 58.4 Å². The van der Waals surface area contributed by atoms with E-state index in [-0.39, 0.29) is 0 Å². The smallest absolute Gasteiger partial charge is 0.125 e. The molecule has 1 aliphatic carbocycles. The van der Waals surface area contributed by atoms with Crippen LogP contribution in [-0.2, 0) is 12.8 Å². The fourth-order valence-corrected chi connectivity index (χ4v) is 5.42. The van der Waals surface area contributed by atoms with E-state index in [9.17, 15) is 0 Å². The molecule has 26 heavy (non-hydrogen) atoms. The summed E-state index contributed by atoms with van der Waals surface area (Å²) < 4.78 is 1.09. The molecule has 0 fully saturated rings. The molecule has 2 aromatic carbocycles. The van der Waals surface area contributed by atoms with Crippen molar-refractivity contribution >= 4 is 37.5 Å². The Morgan fingerprint density at radius 2 is 1.62 bits per heavy atom. The minimum atomic E-state index is 1.06. The van der Waals surface area contributed by atoms with E-state index in [0.29, 0.717) is 0 Å². The van der Waals surface area contributed by atoms with Crippen molar-refractivity contribution in [3.8, 4) is 22.4 Å². The van der Waals surface area contributed by atoms with Crippen molar-refractivity contribution in [1.29, 1.82) is 0 Å². The van der Waals surface area contributed by atoms with Crippen LogP contribution < -0.4 is 0 Å². The van der Waals surface area contributed by atoms with Gasteiger partial charge in [-0.3, -0.25) is 0 Å². The van der Waals surface area contributed by atoms with Gasteiger partial charge in [0.25, 0.3) is 0 Å². The highest BCUT2D eigenvalue weighted by Crippen LogP contribution is 2.42. The number of aryl methyl sites for hydroxylation is 2. The first-order valence-corrected chi connectivity index (χ1v) is 10.7. The van der Waals surface area contributed by atoms with E-state index in [4.69, 9.17) is 4.98 Å². The number of halogens is 1. The molecule has 2 heterocycles. The largest absolute Gasteiger partial charge is 0.237 e. The number of hydrogen-bond donors (Lipinski definition) is 0. The Morgan fingerprint density at radius 1 is 0.846 bits per heavy atom. The number of benzene rings is 2. The maximum atomic E-state index is 5.07. The highest BCUT2D eigenvalue weighted by molar-refractivity contribution is 9.10. The molecular weight excluding hydrogens is 402 g/mol. The zero-order chi connectivity index (χ0) is 17.5. The standard InChI is InChI=1S/C23H18BrNS/c24-17-12-10-16(11-13-17)20-14-19(15-6-2-1-3-7-15)22-18-8-4-5-9-21(18)26-23(22)25-20/h1-3,6-7,10-14H,4-5,8-9H2. The van der Waals surface area contributed by atoms with Crippen LogP contribution in [0.25, 0.3) is 32.6 Å². The number of aromatic nitrogens is 1. The maximum Gasteiger partial charge on any atom is 0.125 e. The Morgan fingerprint density at radius 3 is 2.42 bits per heavy atom. The molecule has 3 heteroatoms. The van der Waals surface area contributed by atoms with Crippen LogP contribution in [0.3, 0.4) is 0 Å². The maximum absolute atomic E-state index is 5.07. The SMILES string of the molecule is Brc1ccc(-c2cc(-c3ccccc3)c3c4c(sc3n2)CCCC4)cc1. The second-order valence-corrected chi connectivity index (χ2v) is 8.82. The van der Waals surface area contributed by atoms with Crippen LogP contribution in [-0.4, -0.2) is 4.98 Å². The summed E-state index contributed by atoms with van der Waals surface area (Å²) in [5.74, 6) is 0. The van der Waals surface area contributed by atoms with Crippen LogP contribution in [0.2, 0.25) is 0 Å². The van der Waals surface area contributed by atoms with Gasteiger partial charge in [-0.15, -0.1) is 11.3 Å². The second kappa shape index (κ2) is 6.64. The first-order valence-electron chi connectivity index (χ1n) is 9.06. The number of pyridine rings is 1. The van der Waals surface area contributed by atoms with Crippen LogP contribution in [0.15, 0.2) is 65.1 Å². The summed E-state index contributed by atoms with van der Waals surface area (Å²) in [5, 5.41) is 1.39. The van der Waals surface area contributed by atoms with Gasteiger partial charge in [0.1, 0.15) is 4.83 Å². The first-order chi connectivity index (χ1) is 12.8. The van der Waals surface area contributed by atoms with E-state index >= 15 is 0 Å². The van der Waals surface area contributed by atoms with Crippen LogP contribution in [0.4, 0.5) is 0 Å². The lowest BCUT2D eigenvalue weighted by molar-refractivity contribution is 0.700. The van der Waals surface area contributed by atoms with Gasteiger partial charge in [-0.05, 0) is 60.6 Å². The molecule has 4 aromatic rings. The predicted molar refractivity (Wildman–Crippen MR) is 115 cm³/mol. The molecule has 0 N–H and O–H groups in total. The molecule has 0 atom stereocenters. The third kappa shape index (κ3) is 2.80. The zero-order valence-corrected chi connectivity index (χ0v) is 16.7. The summed E-state index contributed by atoms with van der Waals surface area (Å²) in [7, 11) is 0. The Bertz CT molecular complexity index is 1080. The summed E-state index contributed by atoms with van der Waals surface area (Å²) in [4.78, 5) is 7.81. The molecule has 2 aromatic heterocycles. The van der Waals surface area contributed by atoms with Gasteiger partial charge in [0.05, 0.1) is 5.69 Å². The normalized spacial score (nSPS) is 13.7. The van der Waals surface area contributed by atoms with E-state index in [2.05, 4.69) is 76.6 Å². The van der Waals surface area contributed by atoms with Crippen molar-refractivity contribution in [2.24, 2.45) is 0 Å². The number of rotatable bonds is 2. The molecule has 5 rings (SSSR count). The lowest BCUT2D eigenvalue weighted by Crippen LogP contribution is -1.98. The van der Waals surface area contributed by atoms with Crippen molar-refractivity contribution in [3.05, 3.63) is 75.6 Å². The van der Waals surface area contributed by atoms with Gasteiger partial charge < -0.3 is 0 Å². The Labute approximate surface area is 165 Å². The number of nitrogens with zero attached hydrogens (tertiary/aromatic N) is 1. The second-order valence-electron chi connectivity index (χ2n) is 6.82.